The molecule has 1 aliphatic heterocycles. The SMILES string of the molecule is COC[C@H]1C[C@@H](C(=O)O)N(C(=O)C23C(OC(C)(C)C)C(C)CCC2C3(C)C)C1. The number of hydrogen-bond acceptors (Lipinski definition) is 4. The van der Waals surface area contributed by atoms with E-state index in [1.165, 1.54) is 0 Å². The summed E-state index contributed by atoms with van der Waals surface area (Å²) in [5.74, 6) is -0.367. The summed E-state index contributed by atoms with van der Waals surface area (Å²) >= 11 is 0. The van der Waals surface area contributed by atoms with Crippen LogP contribution in [0.25, 0.3) is 0 Å². The van der Waals surface area contributed by atoms with E-state index in [-0.39, 0.29) is 40.8 Å². The van der Waals surface area contributed by atoms with E-state index >= 15 is 0 Å². The van der Waals surface area contributed by atoms with Crippen LogP contribution >= 0.6 is 0 Å². The third-order valence-corrected chi connectivity index (χ3v) is 7.45. The van der Waals surface area contributed by atoms with Gasteiger partial charge in [-0.3, -0.25) is 4.79 Å². The van der Waals surface area contributed by atoms with Crippen LogP contribution in [0.5, 0.6) is 0 Å². The molecule has 3 rings (SSSR count). The van der Waals surface area contributed by atoms with E-state index < -0.39 is 17.4 Å². The van der Waals surface area contributed by atoms with Gasteiger partial charge < -0.3 is 19.5 Å². The second-order valence-electron chi connectivity index (χ2n) is 10.7. The number of hydrogen-bond donors (Lipinski definition) is 1. The number of likely N-dealkylation sites (tertiary alicyclic amines) is 1. The fraction of sp³-hybridized carbons (Fsp3) is 0.909. The van der Waals surface area contributed by atoms with Crippen molar-refractivity contribution in [1.82, 2.24) is 4.90 Å². The lowest BCUT2D eigenvalue weighted by molar-refractivity contribution is -0.170. The van der Waals surface area contributed by atoms with E-state index in [1.807, 2.05) is 20.8 Å². The topological polar surface area (TPSA) is 76.1 Å². The molecule has 0 aromatic carbocycles. The molecule has 3 aliphatic rings. The summed E-state index contributed by atoms with van der Waals surface area (Å²) in [6.07, 6.45) is 2.30. The lowest BCUT2D eigenvalue weighted by Gasteiger charge is -2.42. The van der Waals surface area contributed by atoms with Crippen molar-refractivity contribution in [3.05, 3.63) is 0 Å². The highest BCUT2D eigenvalue weighted by molar-refractivity contribution is 5.92. The predicted molar refractivity (Wildman–Crippen MR) is 106 cm³/mol. The number of fused-ring (bicyclic) bond motifs is 1. The first-order valence-corrected chi connectivity index (χ1v) is 10.6. The monoisotopic (exact) mass is 395 g/mol. The van der Waals surface area contributed by atoms with Crippen molar-refractivity contribution in [2.45, 2.75) is 78.6 Å². The quantitative estimate of drug-likeness (QED) is 0.774. The number of ether oxygens (including phenoxy) is 2. The minimum absolute atomic E-state index is 0.0192. The van der Waals surface area contributed by atoms with Crippen molar-refractivity contribution in [1.29, 1.82) is 0 Å². The van der Waals surface area contributed by atoms with Crippen molar-refractivity contribution in [2.24, 2.45) is 28.6 Å². The minimum Gasteiger partial charge on any atom is -0.480 e. The first kappa shape index (κ1) is 21.6. The van der Waals surface area contributed by atoms with Crippen LogP contribution < -0.4 is 0 Å². The summed E-state index contributed by atoms with van der Waals surface area (Å²) in [5.41, 5.74) is -1.18. The maximum absolute atomic E-state index is 14.0. The zero-order valence-electron chi connectivity index (χ0n) is 18.4. The largest absolute Gasteiger partial charge is 0.480 e. The van der Waals surface area contributed by atoms with Gasteiger partial charge in [0.2, 0.25) is 5.91 Å². The number of aliphatic carboxylic acids is 1. The average Bonchev–Trinajstić information content (AvgIpc) is 2.88. The zero-order chi connectivity index (χ0) is 21.1. The van der Waals surface area contributed by atoms with Gasteiger partial charge in [0.1, 0.15) is 6.04 Å². The second-order valence-corrected chi connectivity index (χ2v) is 10.7. The van der Waals surface area contributed by atoms with Crippen molar-refractivity contribution < 1.29 is 24.2 Å². The third kappa shape index (κ3) is 3.17. The van der Waals surface area contributed by atoms with Gasteiger partial charge in [0.15, 0.2) is 0 Å². The molecule has 0 aromatic rings. The van der Waals surface area contributed by atoms with E-state index in [0.717, 1.165) is 12.8 Å². The van der Waals surface area contributed by atoms with E-state index in [4.69, 9.17) is 9.47 Å². The lowest BCUT2D eigenvalue weighted by atomic mass is 9.76. The molecular formula is C22H37NO5. The Bertz CT molecular complexity index is 639. The highest BCUT2D eigenvalue weighted by Gasteiger charge is 2.81. The van der Waals surface area contributed by atoms with Crippen LogP contribution in [0.2, 0.25) is 0 Å². The number of carboxylic acid groups (broad SMARTS) is 1. The summed E-state index contributed by atoms with van der Waals surface area (Å²) in [6, 6.07) is -0.772. The third-order valence-electron chi connectivity index (χ3n) is 7.45. The van der Waals surface area contributed by atoms with E-state index in [9.17, 15) is 14.7 Å². The first-order valence-electron chi connectivity index (χ1n) is 10.6. The smallest absolute Gasteiger partial charge is 0.326 e. The summed E-state index contributed by atoms with van der Waals surface area (Å²) in [7, 11) is 1.62. The molecule has 1 saturated heterocycles. The Morgan fingerprint density at radius 1 is 1.21 bits per heavy atom. The van der Waals surface area contributed by atoms with Gasteiger partial charge in [-0.2, -0.15) is 0 Å². The summed E-state index contributed by atoms with van der Waals surface area (Å²) in [6.45, 7) is 13.5. The van der Waals surface area contributed by atoms with Crippen molar-refractivity contribution >= 4 is 11.9 Å². The number of carboxylic acids is 1. The predicted octanol–water partition coefficient (Wildman–Crippen LogP) is 3.19. The molecule has 0 radical (unpaired) electrons. The lowest BCUT2D eigenvalue weighted by Crippen LogP contribution is -2.54. The van der Waals surface area contributed by atoms with Crippen LogP contribution in [-0.2, 0) is 19.1 Å². The van der Waals surface area contributed by atoms with Gasteiger partial charge in [-0.15, -0.1) is 0 Å². The maximum Gasteiger partial charge on any atom is 0.326 e. The van der Waals surface area contributed by atoms with Crippen LogP contribution in [0.4, 0.5) is 0 Å². The minimum atomic E-state index is -0.921. The molecule has 160 valence electrons. The Morgan fingerprint density at radius 3 is 2.39 bits per heavy atom. The molecule has 1 N–H and O–H groups in total. The summed E-state index contributed by atoms with van der Waals surface area (Å²) in [5, 5.41) is 9.78. The summed E-state index contributed by atoms with van der Waals surface area (Å²) < 4.78 is 11.8. The van der Waals surface area contributed by atoms with E-state index in [0.29, 0.717) is 19.6 Å². The van der Waals surface area contributed by atoms with Crippen LogP contribution in [0.1, 0.15) is 60.8 Å². The molecular weight excluding hydrogens is 358 g/mol. The second kappa shape index (κ2) is 6.98. The number of methoxy groups -OCH3 is 1. The van der Waals surface area contributed by atoms with Crippen LogP contribution in [0.15, 0.2) is 0 Å². The highest BCUT2D eigenvalue weighted by atomic mass is 16.5. The standard InChI is InChI=1S/C22H37NO5/c1-13-8-9-16-21(5,6)22(16,17(13)28-20(2,3)4)19(26)23-11-14(12-27-7)10-15(23)18(24)25/h13-17H,8-12H2,1-7H3,(H,24,25)/t13?,14-,15-,16?,17?,22?/m0/s1. The first-order chi connectivity index (χ1) is 12.9. The van der Waals surface area contributed by atoms with Gasteiger partial charge in [0.25, 0.3) is 0 Å². The highest BCUT2D eigenvalue weighted by Crippen LogP contribution is 2.77. The fourth-order valence-electron chi connectivity index (χ4n) is 6.20. The Morgan fingerprint density at radius 2 is 1.86 bits per heavy atom. The van der Waals surface area contributed by atoms with Gasteiger partial charge in [-0.25, -0.2) is 4.79 Å². The molecule has 28 heavy (non-hydrogen) atoms. The van der Waals surface area contributed by atoms with Gasteiger partial charge in [0, 0.05) is 19.6 Å². The van der Waals surface area contributed by atoms with Crippen molar-refractivity contribution in [3.8, 4) is 0 Å². The number of carbonyl (C=O) groups is 2. The molecule has 0 bridgehead atoms. The Balaban J connectivity index is 1.97. The molecule has 4 unspecified atom stereocenters. The molecule has 6 atom stereocenters. The molecule has 6 nitrogen and oxygen atoms in total. The molecule has 2 aliphatic carbocycles. The normalized spacial score (nSPS) is 39.5. The van der Waals surface area contributed by atoms with Gasteiger partial charge in [0.05, 0.1) is 23.7 Å². The zero-order valence-corrected chi connectivity index (χ0v) is 18.4. The molecule has 0 aromatic heterocycles. The Hall–Kier alpha value is -1.14. The molecule has 1 amide bonds. The van der Waals surface area contributed by atoms with Crippen LogP contribution in [0, 0.1) is 28.6 Å². The van der Waals surface area contributed by atoms with Crippen LogP contribution in [0.3, 0.4) is 0 Å². The number of nitrogens with zero attached hydrogens (tertiary/aromatic N) is 1. The van der Waals surface area contributed by atoms with Crippen molar-refractivity contribution in [2.75, 3.05) is 20.3 Å². The number of amides is 1. The molecule has 1 heterocycles. The molecule has 2 saturated carbocycles. The molecule has 3 fully saturated rings. The number of rotatable bonds is 5. The molecule has 0 spiro atoms. The van der Waals surface area contributed by atoms with E-state index in [1.54, 1.807) is 12.0 Å². The van der Waals surface area contributed by atoms with Crippen LogP contribution in [-0.4, -0.2) is 59.9 Å². The van der Waals surface area contributed by atoms with Gasteiger partial charge >= 0.3 is 5.97 Å². The van der Waals surface area contributed by atoms with Crippen molar-refractivity contribution in [3.63, 3.8) is 0 Å². The fourth-order valence-corrected chi connectivity index (χ4v) is 6.20. The Kier molecular flexibility index (Phi) is 5.37. The number of carbonyl (C=O) groups excluding carboxylic acids is 1. The maximum atomic E-state index is 14.0. The average molecular weight is 396 g/mol. The Labute approximate surface area is 168 Å². The molecule has 6 heteroatoms. The van der Waals surface area contributed by atoms with Gasteiger partial charge in [-0.1, -0.05) is 20.8 Å². The van der Waals surface area contributed by atoms with Gasteiger partial charge in [-0.05, 0) is 57.3 Å². The van der Waals surface area contributed by atoms with E-state index in [2.05, 4.69) is 20.8 Å². The summed E-state index contributed by atoms with van der Waals surface area (Å²) in [4.78, 5) is 27.6.